The fraction of sp³-hybridized carbons (Fsp3) is 0.700. The van der Waals surface area contributed by atoms with Gasteiger partial charge in [-0.1, -0.05) is 5.16 Å². The van der Waals surface area contributed by atoms with Crippen LogP contribution in [0, 0.1) is 13.8 Å². The Morgan fingerprint density at radius 2 is 2.12 bits per heavy atom. The Bertz CT molecular complexity index is 485. The molecule has 0 spiro atoms. The van der Waals surface area contributed by atoms with Crippen molar-refractivity contribution >= 4 is 10.0 Å². The largest absolute Gasteiger partial charge is 0.395 e. The Morgan fingerprint density at radius 3 is 2.53 bits per heavy atom. The molecular weight excluding hydrogens is 244 g/mol. The van der Waals surface area contributed by atoms with Gasteiger partial charge in [0.2, 0.25) is 10.0 Å². The quantitative estimate of drug-likeness (QED) is 0.830. The third-order valence-electron chi connectivity index (χ3n) is 2.81. The zero-order chi connectivity index (χ0) is 12.6. The first-order valence-corrected chi connectivity index (χ1v) is 6.98. The highest BCUT2D eigenvalue weighted by Gasteiger charge is 2.40. The molecule has 0 radical (unpaired) electrons. The number of hydrogen-bond acceptors (Lipinski definition) is 5. The van der Waals surface area contributed by atoms with Crippen LogP contribution in [-0.2, 0) is 10.0 Å². The molecule has 1 saturated carbocycles. The first-order chi connectivity index (χ1) is 7.98. The van der Waals surface area contributed by atoms with E-state index >= 15 is 0 Å². The lowest BCUT2D eigenvalue weighted by molar-refractivity contribution is 0.250. The second kappa shape index (κ2) is 4.40. The van der Waals surface area contributed by atoms with Crippen LogP contribution in [-0.4, -0.2) is 42.2 Å². The Morgan fingerprint density at radius 1 is 1.47 bits per heavy atom. The summed E-state index contributed by atoms with van der Waals surface area (Å²) < 4.78 is 31.1. The molecule has 0 aliphatic heterocycles. The van der Waals surface area contributed by atoms with Crippen LogP contribution < -0.4 is 0 Å². The summed E-state index contributed by atoms with van der Waals surface area (Å²) in [5, 5.41) is 12.6. The van der Waals surface area contributed by atoms with E-state index in [9.17, 15) is 8.42 Å². The fourth-order valence-electron chi connectivity index (χ4n) is 1.92. The van der Waals surface area contributed by atoms with Crippen LogP contribution in [0.4, 0.5) is 0 Å². The molecule has 0 bridgehead atoms. The second-order valence-electron chi connectivity index (χ2n) is 4.22. The number of aryl methyl sites for hydroxylation is 2. The van der Waals surface area contributed by atoms with E-state index in [2.05, 4.69) is 5.16 Å². The van der Waals surface area contributed by atoms with Crippen LogP contribution >= 0.6 is 0 Å². The Kier molecular flexibility index (Phi) is 3.24. The zero-order valence-corrected chi connectivity index (χ0v) is 10.7. The number of aromatic nitrogens is 1. The van der Waals surface area contributed by atoms with Gasteiger partial charge in [0.25, 0.3) is 0 Å². The van der Waals surface area contributed by atoms with Gasteiger partial charge in [-0.3, -0.25) is 0 Å². The molecule has 1 aromatic heterocycles. The summed E-state index contributed by atoms with van der Waals surface area (Å²) in [5.41, 5.74) is 0.367. The Labute approximate surface area is 100 Å². The van der Waals surface area contributed by atoms with Crippen LogP contribution in [0.15, 0.2) is 9.42 Å². The molecule has 1 heterocycles. The molecule has 0 saturated heterocycles. The number of hydrogen-bond donors (Lipinski definition) is 1. The molecule has 1 aliphatic carbocycles. The predicted octanol–water partition coefficient (Wildman–Crippen LogP) is 0.437. The van der Waals surface area contributed by atoms with Gasteiger partial charge in [0, 0.05) is 12.6 Å². The summed E-state index contributed by atoms with van der Waals surface area (Å²) in [4.78, 5) is 0.137. The van der Waals surface area contributed by atoms with Crippen molar-refractivity contribution in [3.05, 3.63) is 11.5 Å². The van der Waals surface area contributed by atoms with Gasteiger partial charge in [0.05, 0.1) is 6.61 Å². The van der Waals surface area contributed by atoms with Crippen molar-refractivity contribution in [2.45, 2.75) is 37.6 Å². The van der Waals surface area contributed by atoms with Crippen molar-refractivity contribution in [2.75, 3.05) is 13.2 Å². The molecule has 1 aromatic rings. The van der Waals surface area contributed by atoms with Crippen LogP contribution in [0.2, 0.25) is 0 Å². The maximum atomic E-state index is 12.4. The van der Waals surface area contributed by atoms with E-state index in [0.29, 0.717) is 11.5 Å². The summed E-state index contributed by atoms with van der Waals surface area (Å²) >= 11 is 0. The van der Waals surface area contributed by atoms with Gasteiger partial charge in [-0.2, -0.15) is 4.31 Å². The lowest BCUT2D eigenvalue weighted by Gasteiger charge is -2.20. The van der Waals surface area contributed by atoms with E-state index in [4.69, 9.17) is 9.63 Å². The molecule has 0 aromatic carbocycles. The molecule has 2 rings (SSSR count). The molecule has 17 heavy (non-hydrogen) atoms. The number of nitrogens with zero attached hydrogens (tertiary/aromatic N) is 2. The van der Waals surface area contributed by atoms with Gasteiger partial charge in [0.1, 0.15) is 10.6 Å². The highest BCUT2D eigenvalue weighted by Crippen LogP contribution is 2.33. The van der Waals surface area contributed by atoms with Gasteiger partial charge in [0.15, 0.2) is 5.76 Å². The van der Waals surface area contributed by atoms with Crippen molar-refractivity contribution in [3.63, 3.8) is 0 Å². The minimum Gasteiger partial charge on any atom is -0.395 e. The maximum absolute atomic E-state index is 12.4. The average molecular weight is 260 g/mol. The summed E-state index contributed by atoms with van der Waals surface area (Å²) in [6.07, 6.45) is 1.70. The van der Waals surface area contributed by atoms with Crippen molar-refractivity contribution in [2.24, 2.45) is 0 Å². The number of aliphatic hydroxyl groups excluding tert-OH is 1. The Hall–Kier alpha value is -0.920. The molecule has 1 N–H and O–H groups in total. The average Bonchev–Trinajstić information content (AvgIpc) is 3.01. The minimum absolute atomic E-state index is 0.0147. The van der Waals surface area contributed by atoms with Gasteiger partial charge in [-0.25, -0.2) is 8.42 Å². The van der Waals surface area contributed by atoms with Crippen LogP contribution in [0.5, 0.6) is 0 Å². The van der Waals surface area contributed by atoms with Gasteiger partial charge >= 0.3 is 0 Å². The maximum Gasteiger partial charge on any atom is 0.248 e. The first kappa shape index (κ1) is 12.5. The monoisotopic (exact) mass is 260 g/mol. The van der Waals surface area contributed by atoms with Crippen molar-refractivity contribution in [1.29, 1.82) is 0 Å². The highest BCUT2D eigenvalue weighted by molar-refractivity contribution is 7.89. The van der Waals surface area contributed by atoms with Gasteiger partial charge < -0.3 is 9.63 Å². The molecular formula is C10H16N2O4S. The van der Waals surface area contributed by atoms with E-state index in [0.717, 1.165) is 12.8 Å². The number of rotatable bonds is 5. The molecule has 7 heteroatoms. The van der Waals surface area contributed by atoms with E-state index < -0.39 is 10.0 Å². The molecule has 1 aliphatic rings. The molecule has 0 atom stereocenters. The number of aliphatic hydroxyl groups is 1. The summed E-state index contributed by atoms with van der Waals surface area (Å²) in [6.45, 7) is 3.13. The Balaban J connectivity index is 2.40. The van der Waals surface area contributed by atoms with E-state index in [-0.39, 0.29) is 24.1 Å². The summed E-state index contributed by atoms with van der Waals surface area (Å²) in [7, 11) is -3.60. The van der Waals surface area contributed by atoms with Gasteiger partial charge in [-0.15, -0.1) is 0 Å². The van der Waals surface area contributed by atoms with Crippen molar-refractivity contribution < 1.29 is 18.0 Å². The summed E-state index contributed by atoms with van der Waals surface area (Å²) in [5.74, 6) is 0.297. The molecule has 6 nitrogen and oxygen atoms in total. The lowest BCUT2D eigenvalue weighted by atomic mass is 10.4. The van der Waals surface area contributed by atoms with E-state index in [1.807, 2.05) is 0 Å². The first-order valence-electron chi connectivity index (χ1n) is 5.54. The number of sulfonamides is 1. The predicted molar refractivity (Wildman–Crippen MR) is 60.0 cm³/mol. The van der Waals surface area contributed by atoms with Crippen LogP contribution in [0.25, 0.3) is 0 Å². The van der Waals surface area contributed by atoms with Crippen molar-refractivity contribution in [3.8, 4) is 0 Å². The topological polar surface area (TPSA) is 83.6 Å². The second-order valence-corrected chi connectivity index (χ2v) is 6.05. The molecule has 0 amide bonds. The molecule has 96 valence electrons. The molecule has 1 fully saturated rings. The normalized spacial score (nSPS) is 16.7. The van der Waals surface area contributed by atoms with Crippen LogP contribution in [0.1, 0.15) is 24.3 Å². The minimum atomic E-state index is -3.60. The molecule has 0 unspecified atom stereocenters. The van der Waals surface area contributed by atoms with E-state index in [1.165, 1.54) is 4.31 Å². The van der Waals surface area contributed by atoms with Crippen molar-refractivity contribution in [1.82, 2.24) is 9.46 Å². The lowest BCUT2D eigenvalue weighted by Crippen LogP contribution is -2.36. The van der Waals surface area contributed by atoms with Crippen LogP contribution in [0.3, 0.4) is 0 Å². The third kappa shape index (κ3) is 2.22. The third-order valence-corrected chi connectivity index (χ3v) is 5.01. The summed E-state index contributed by atoms with van der Waals surface area (Å²) in [6, 6.07) is 0.0147. The highest BCUT2D eigenvalue weighted by atomic mass is 32.2. The van der Waals surface area contributed by atoms with E-state index in [1.54, 1.807) is 13.8 Å². The van der Waals surface area contributed by atoms with Gasteiger partial charge in [-0.05, 0) is 26.7 Å². The fourth-order valence-corrected chi connectivity index (χ4v) is 3.89. The standard InChI is InChI=1S/C10H16N2O4S/c1-7-10(8(2)16-11-7)17(14,15)12(5-6-13)9-3-4-9/h9,13H,3-6H2,1-2H3. The smallest absolute Gasteiger partial charge is 0.248 e. The zero-order valence-electron chi connectivity index (χ0n) is 9.88. The SMILES string of the molecule is Cc1noc(C)c1S(=O)(=O)N(CCO)C1CC1.